The van der Waals surface area contributed by atoms with Crippen LogP contribution in [0.25, 0.3) is 22.0 Å². The van der Waals surface area contributed by atoms with Gasteiger partial charge in [-0.2, -0.15) is 0 Å². The first-order chi connectivity index (χ1) is 14.4. The van der Waals surface area contributed by atoms with Gasteiger partial charge in [0.2, 0.25) is 0 Å². The Morgan fingerprint density at radius 2 is 2.03 bits per heavy atom. The highest BCUT2D eigenvalue weighted by molar-refractivity contribution is 5.93. The number of phenolic OH excluding ortho intramolecular Hbond substituents is 1. The van der Waals surface area contributed by atoms with E-state index in [4.69, 9.17) is 0 Å². The molecule has 0 radical (unpaired) electrons. The Morgan fingerprint density at radius 3 is 2.80 bits per heavy atom. The van der Waals surface area contributed by atoms with Gasteiger partial charge in [0.25, 0.3) is 5.56 Å². The van der Waals surface area contributed by atoms with Gasteiger partial charge in [-0.25, -0.2) is 9.37 Å². The van der Waals surface area contributed by atoms with Gasteiger partial charge in [0, 0.05) is 43.3 Å². The van der Waals surface area contributed by atoms with Gasteiger partial charge in [0.1, 0.15) is 17.7 Å². The minimum absolute atomic E-state index is 0.000595. The monoisotopic (exact) mass is 409 g/mol. The van der Waals surface area contributed by atoms with Crippen molar-refractivity contribution in [3.8, 4) is 17.0 Å². The molecule has 2 saturated heterocycles. The summed E-state index contributed by atoms with van der Waals surface area (Å²) in [6.07, 6.45) is 6.52. The summed E-state index contributed by atoms with van der Waals surface area (Å²) in [5.41, 5.74) is 0.823. The highest BCUT2D eigenvalue weighted by Crippen LogP contribution is 2.35. The summed E-state index contributed by atoms with van der Waals surface area (Å²) < 4.78 is 16.3. The second kappa shape index (κ2) is 7.05. The van der Waals surface area contributed by atoms with Gasteiger partial charge in [0.15, 0.2) is 0 Å². The Bertz CT molecular complexity index is 1160. The molecule has 0 spiro atoms. The maximum absolute atomic E-state index is 14.9. The lowest BCUT2D eigenvalue weighted by Gasteiger charge is -2.38. The number of aromatic hydroxyl groups is 1. The molecule has 7 nitrogen and oxygen atoms in total. The Balaban J connectivity index is 1.44. The van der Waals surface area contributed by atoms with E-state index in [1.807, 2.05) is 11.9 Å². The number of fused-ring (bicyclic) bond motifs is 3. The van der Waals surface area contributed by atoms with Crippen molar-refractivity contribution in [2.24, 2.45) is 7.05 Å². The van der Waals surface area contributed by atoms with Crippen LogP contribution in [0.2, 0.25) is 0 Å². The van der Waals surface area contributed by atoms with Crippen LogP contribution in [-0.4, -0.2) is 51.0 Å². The van der Waals surface area contributed by atoms with Crippen LogP contribution < -0.4 is 15.8 Å². The number of benzene rings is 1. The molecule has 2 bridgehead atoms. The predicted molar refractivity (Wildman–Crippen MR) is 114 cm³/mol. The number of nitrogens with zero attached hydrogens (tertiary/aromatic N) is 4. The smallest absolute Gasteiger partial charge is 0.258 e. The van der Waals surface area contributed by atoms with Crippen LogP contribution in [0.3, 0.4) is 0 Å². The van der Waals surface area contributed by atoms with Crippen LogP contribution in [0.1, 0.15) is 19.3 Å². The number of hydrogen-bond donors (Lipinski definition) is 2. The maximum Gasteiger partial charge on any atom is 0.258 e. The van der Waals surface area contributed by atoms with Crippen LogP contribution in [0.4, 0.5) is 10.2 Å². The fourth-order valence-electron chi connectivity index (χ4n) is 4.77. The molecule has 2 aromatic heterocycles. The van der Waals surface area contributed by atoms with E-state index >= 15 is 0 Å². The minimum atomic E-state index is -0.942. The number of halogens is 1. The van der Waals surface area contributed by atoms with Gasteiger partial charge in [-0.3, -0.25) is 9.78 Å². The van der Waals surface area contributed by atoms with E-state index in [2.05, 4.69) is 15.3 Å². The number of nitrogens with one attached hydrogen (secondary N) is 1. The van der Waals surface area contributed by atoms with Gasteiger partial charge < -0.3 is 19.9 Å². The van der Waals surface area contributed by atoms with E-state index in [1.54, 1.807) is 43.8 Å². The molecule has 8 heteroatoms. The van der Waals surface area contributed by atoms with Gasteiger partial charge in [-0.1, -0.05) is 0 Å². The van der Waals surface area contributed by atoms with Gasteiger partial charge in [0.05, 0.1) is 29.5 Å². The number of anilines is 1. The molecule has 0 saturated carbocycles. The van der Waals surface area contributed by atoms with Crippen LogP contribution in [0, 0.1) is 0 Å². The zero-order chi connectivity index (χ0) is 21.0. The molecule has 1 aromatic carbocycles. The average Bonchev–Trinajstić information content (AvgIpc) is 3.17. The van der Waals surface area contributed by atoms with Crippen molar-refractivity contribution >= 4 is 16.6 Å². The normalized spacial score (nSPS) is 25.6. The van der Waals surface area contributed by atoms with Crippen LogP contribution in [0.15, 0.2) is 41.6 Å². The molecule has 156 valence electrons. The van der Waals surface area contributed by atoms with Gasteiger partial charge in [-0.15, -0.1) is 0 Å². The molecule has 4 atom stereocenters. The van der Waals surface area contributed by atoms with Crippen LogP contribution in [0.5, 0.6) is 5.75 Å². The van der Waals surface area contributed by atoms with E-state index in [9.17, 15) is 14.3 Å². The summed E-state index contributed by atoms with van der Waals surface area (Å²) in [5.74, 6) is 0.598. The zero-order valence-corrected chi connectivity index (χ0v) is 16.9. The lowest BCUT2D eigenvalue weighted by molar-refractivity contribution is 0.176. The lowest BCUT2D eigenvalue weighted by Crippen LogP contribution is -2.55. The quantitative estimate of drug-likeness (QED) is 0.691. The summed E-state index contributed by atoms with van der Waals surface area (Å²) in [6.45, 7) is 0. The molecule has 2 fully saturated rings. The molecular formula is C22H24FN5O2. The molecule has 2 aliphatic heterocycles. The molecule has 5 rings (SSSR count). The molecule has 4 heterocycles. The first kappa shape index (κ1) is 19.0. The summed E-state index contributed by atoms with van der Waals surface area (Å²) >= 11 is 0. The van der Waals surface area contributed by atoms with E-state index in [1.165, 1.54) is 4.57 Å². The van der Waals surface area contributed by atoms with Crippen molar-refractivity contribution < 1.29 is 9.50 Å². The average molecular weight is 409 g/mol. The maximum atomic E-state index is 14.9. The van der Waals surface area contributed by atoms with Crippen molar-refractivity contribution in [2.75, 3.05) is 11.9 Å². The molecular weight excluding hydrogens is 385 g/mol. The fourth-order valence-corrected chi connectivity index (χ4v) is 4.77. The number of piperidine rings is 1. The Hall–Kier alpha value is -3.00. The third-order valence-corrected chi connectivity index (χ3v) is 6.56. The van der Waals surface area contributed by atoms with Crippen LogP contribution in [-0.2, 0) is 7.05 Å². The van der Waals surface area contributed by atoms with Crippen molar-refractivity contribution in [3.05, 3.63) is 47.1 Å². The summed E-state index contributed by atoms with van der Waals surface area (Å²) in [4.78, 5) is 23.1. The third-order valence-electron chi connectivity index (χ3n) is 6.56. The lowest BCUT2D eigenvalue weighted by atomic mass is 9.96. The molecule has 0 aliphatic carbocycles. The Kier molecular flexibility index (Phi) is 4.47. The highest BCUT2D eigenvalue weighted by atomic mass is 19.1. The van der Waals surface area contributed by atoms with Gasteiger partial charge in [-0.05, 0) is 37.5 Å². The standard InChI is InChI=1S/C22H24FN5O2/c1-27-8-7-13-14(22(27)30)4-5-15(21(13)29)17-10-25-19(11-24-17)28(2)18-9-12-3-6-16(26-12)20(18)23/h4-5,7-8,10-12,16,18,20,26,29H,3,6,9H2,1-2H3/t12-,16?,18-,20+/m0/s1. The van der Waals surface area contributed by atoms with Gasteiger partial charge >= 0.3 is 0 Å². The fraction of sp³-hybridized carbons (Fsp3) is 0.409. The molecule has 3 aromatic rings. The Labute approximate surface area is 173 Å². The number of aromatic nitrogens is 3. The number of aryl methyl sites for hydroxylation is 1. The molecule has 1 unspecified atom stereocenters. The van der Waals surface area contributed by atoms with E-state index in [0.717, 1.165) is 19.3 Å². The van der Waals surface area contributed by atoms with E-state index < -0.39 is 6.17 Å². The number of hydrogen-bond acceptors (Lipinski definition) is 6. The van der Waals surface area contributed by atoms with Crippen LogP contribution >= 0.6 is 0 Å². The second-order valence-corrected chi connectivity index (χ2v) is 8.32. The van der Waals surface area contributed by atoms with E-state index in [-0.39, 0.29) is 23.4 Å². The number of phenols is 1. The predicted octanol–water partition coefficient (Wildman–Crippen LogP) is 2.37. The topological polar surface area (TPSA) is 83.3 Å². The van der Waals surface area contributed by atoms with Crippen molar-refractivity contribution in [3.63, 3.8) is 0 Å². The molecule has 2 aliphatic rings. The SMILES string of the molecule is CN(c1cnc(-c2ccc3c(=O)n(C)ccc3c2O)cn1)[C@H]1C[C@@H]2CCC(N2)[C@H]1F. The van der Waals surface area contributed by atoms with E-state index in [0.29, 0.717) is 33.9 Å². The zero-order valence-electron chi connectivity index (χ0n) is 16.9. The molecule has 30 heavy (non-hydrogen) atoms. The third kappa shape index (κ3) is 2.94. The summed E-state index contributed by atoms with van der Waals surface area (Å²) in [5, 5.41) is 15.0. The number of rotatable bonds is 3. The number of pyridine rings is 1. The minimum Gasteiger partial charge on any atom is -0.507 e. The number of alkyl halides is 1. The largest absolute Gasteiger partial charge is 0.507 e. The van der Waals surface area contributed by atoms with Crippen molar-refractivity contribution in [1.29, 1.82) is 0 Å². The highest BCUT2D eigenvalue weighted by Gasteiger charge is 2.43. The first-order valence-electron chi connectivity index (χ1n) is 10.2. The van der Waals surface area contributed by atoms with Crippen molar-refractivity contribution in [2.45, 2.75) is 43.6 Å². The summed E-state index contributed by atoms with van der Waals surface area (Å²) in [6, 6.07) is 5.13. The molecule has 0 amide bonds. The van der Waals surface area contributed by atoms with Crippen molar-refractivity contribution in [1.82, 2.24) is 19.9 Å². The summed E-state index contributed by atoms with van der Waals surface area (Å²) in [7, 11) is 3.53. The molecule has 2 N–H and O–H groups in total. The first-order valence-corrected chi connectivity index (χ1v) is 10.2. The Morgan fingerprint density at radius 1 is 1.20 bits per heavy atom. The second-order valence-electron chi connectivity index (χ2n) is 8.32.